The molecule has 0 radical (unpaired) electrons. The average Bonchev–Trinajstić information content (AvgIpc) is 3.13. The van der Waals surface area contributed by atoms with Gasteiger partial charge < -0.3 is 9.80 Å². The summed E-state index contributed by atoms with van der Waals surface area (Å²) in [4.78, 5) is 34.2. The first-order chi connectivity index (χ1) is 13.5. The van der Waals surface area contributed by atoms with Gasteiger partial charge in [0.2, 0.25) is 11.8 Å². The minimum Gasteiger partial charge on any atom is -0.333 e. The van der Waals surface area contributed by atoms with Gasteiger partial charge in [-0.05, 0) is 34.7 Å². The van der Waals surface area contributed by atoms with E-state index in [-0.39, 0.29) is 23.1 Å². The number of hydrogen-bond donors (Lipinski definition) is 0. The van der Waals surface area contributed by atoms with Gasteiger partial charge in [-0.15, -0.1) is 11.8 Å². The van der Waals surface area contributed by atoms with E-state index >= 15 is 0 Å². The van der Waals surface area contributed by atoms with E-state index in [0.717, 1.165) is 5.56 Å². The largest absolute Gasteiger partial charge is 0.333 e. The fraction of sp³-hybridized carbons (Fsp3) is 0.409. The molecule has 2 amide bonds. The number of pyridine rings is 1. The summed E-state index contributed by atoms with van der Waals surface area (Å²) in [6.07, 6.45) is 3.47. The second-order valence-corrected chi connectivity index (χ2v) is 8.99. The Morgan fingerprint density at radius 1 is 1.14 bits per heavy atom. The molecule has 1 fully saturated rings. The Labute approximate surface area is 170 Å². The summed E-state index contributed by atoms with van der Waals surface area (Å²) in [5, 5.41) is -0.298. The summed E-state index contributed by atoms with van der Waals surface area (Å²) < 4.78 is 0. The summed E-state index contributed by atoms with van der Waals surface area (Å²) >= 11 is 1.48. The van der Waals surface area contributed by atoms with Crippen LogP contribution in [0.3, 0.4) is 0 Å². The van der Waals surface area contributed by atoms with E-state index in [1.54, 1.807) is 12.4 Å². The first-order valence-electron chi connectivity index (χ1n) is 9.71. The van der Waals surface area contributed by atoms with E-state index in [0.29, 0.717) is 31.3 Å². The zero-order chi connectivity index (χ0) is 19.7. The van der Waals surface area contributed by atoms with Crippen LogP contribution in [-0.2, 0) is 22.7 Å². The smallest absolute Gasteiger partial charge is 0.238 e. The number of aromatic nitrogens is 1. The number of nitrogens with zero attached hydrogens (tertiary/aromatic N) is 3. The van der Waals surface area contributed by atoms with Gasteiger partial charge in [0.15, 0.2) is 0 Å². The lowest BCUT2D eigenvalue weighted by Gasteiger charge is -2.42. The third kappa shape index (κ3) is 3.65. The lowest BCUT2D eigenvalue weighted by Crippen LogP contribution is -2.51. The number of carbonyl (C=O) groups is 2. The fourth-order valence-corrected chi connectivity index (χ4v) is 5.32. The molecular formula is C22H25N3O2S. The van der Waals surface area contributed by atoms with Crippen LogP contribution in [0.25, 0.3) is 0 Å². The number of rotatable bonds is 4. The predicted molar refractivity (Wildman–Crippen MR) is 110 cm³/mol. The molecule has 1 aromatic carbocycles. The average molecular weight is 396 g/mol. The molecule has 0 saturated carbocycles. The quantitative estimate of drug-likeness (QED) is 0.797. The lowest BCUT2D eigenvalue weighted by molar-refractivity contribution is -0.137. The van der Waals surface area contributed by atoms with Gasteiger partial charge in [0.1, 0.15) is 5.25 Å². The van der Waals surface area contributed by atoms with Crippen molar-refractivity contribution in [1.82, 2.24) is 14.8 Å². The van der Waals surface area contributed by atoms with Crippen LogP contribution in [0.4, 0.5) is 0 Å². The molecule has 0 spiro atoms. The Hall–Kier alpha value is -2.34. The third-order valence-electron chi connectivity index (χ3n) is 5.33. The van der Waals surface area contributed by atoms with Crippen molar-refractivity contribution in [2.45, 2.75) is 38.2 Å². The van der Waals surface area contributed by atoms with Crippen molar-refractivity contribution in [2.75, 3.05) is 12.3 Å². The van der Waals surface area contributed by atoms with Crippen LogP contribution in [0.2, 0.25) is 0 Å². The number of thioether (sulfide) groups is 1. The molecule has 2 aliphatic heterocycles. The maximum Gasteiger partial charge on any atom is 0.238 e. The molecule has 146 valence electrons. The first kappa shape index (κ1) is 19.0. The van der Waals surface area contributed by atoms with Gasteiger partial charge in [-0.2, -0.15) is 0 Å². The van der Waals surface area contributed by atoms with Gasteiger partial charge in [0.05, 0.1) is 11.8 Å². The van der Waals surface area contributed by atoms with E-state index in [1.807, 2.05) is 34.1 Å². The SMILES string of the molecule is CC(C)CN1C(=O)CSC(C(=O)N2Cc3ccccc3C2)C1c1ccncc1. The van der Waals surface area contributed by atoms with E-state index in [9.17, 15) is 9.59 Å². The van der Waals surface area contributed by atoms with Crippen molar-refractivity contribution < 1.29 is 9.59 Å². The van der Waals surface area contributed by atoms with Crippen molar-refractivity contribution in [3.8, 4) is 0 Å². The molecule has 2 atom stereocenters. The maximum absolute atomic E-state index is 13.5. The highest BCUT2D eigenvalue weighted by atomic mass is 32.2. The highest BCUT2D eigenvalue weighted by molar-refractivity contribution is 8.01. The first-order valence-corrected chi connectivity index (χ1v) is 10.8. The summed E-state index contributed by atoms with van der Waals surface area (Å²) in [6.45, 7) is 6.15. The number of amides is 2. The molecule has 4 rings (SSSR count). The Kier molecular flexibility index (Phi) is 5.40. The van der Waals surface area contributed by atoms with Gasteiger partial charge in [-0.25, -0.2) is 0 Å². The van der Waals surface area contributed by atoms with Crippen LogP contribution in [0.5, 0.6) is 0 Å². The molecule has 28 heavy (non-hydrogen) atoms. The molecule has 6 heteroatoms. The molecular weight excluding hydrogens is 370 g/mol. The van der Waals surface area contributed by atoms with Crippen LogP contribution in [-0.4, -0.2) is 44.1 Å². The van der Waals surface area contributed by atoms with E-state index in [2.05, 4.69) is 31.0 Å². The topological polar surface area (TPSA) is 53.5 Å². The predicted octanol–water partition coefficient (Wildman–Crippen LogP) is 3.27. The molecule has 1 saturated heterocycles. The van der Waals surface area contributed by atoms with Crippen LogP contribution in [0, 0.1) is 5.92 Å². The van der Waals surface area contributed by atoms with Gasteiger partial charge >= 0.3 is 0 Å². The highest BCUT2D eigenvalue weighted by Crippen LogP contribution is 2.39. The lowest BCUT2D eigenvalue weighted by atomic mass is 9.99. The van der Waals surface area contributed by atoms with Crippen LogP contribution in [0.15, 0.2) is 48.8 Å². The molecule has 2 unspecified atom stereocenters. The minimum absolute atomic E-state index is 0.106. The molecule has 0 bridgehead atoms. The Morgan fingerprint density at radius 2 is 1.79 bits per heavy atom. The zero-order valence-corrected chi connectivity index (χ0v) is 17.1. The van der Waals surface area contributed by atoms with Gasteiger partial charge in [0, 0.05) is 32.0 Å². The van der Waals surface area contributed by atoms with E-state index in [1.165, 1.54) is 22.9 Å². The van der Waals surface area contributed by atoms with Crippen LogP contribution >= 0.6 is 11.8 Å². The molecule has 1 aromatic heterocycles. The van der Waals surface area contributed by atoms with Gasteiger partial charge in [0.25, 0.3) is 0 Å². The maximum atomic E-state index is 13.5. The Morgan fingerprint density at radius 3 is 2.39 bits per heavy atom. The summed E-state index contributed by atoms with van der Waals surface area (Å²) in [6, 6.07) is 11.8. The minimum atomic E-state index is -0.298. The van der Waals surface area contributed by atoms with E-state index < -0.39 is 0 Å². The van der Waals surface area contributed by atoms with Crippen molar-refractivity contribution in [1.29, 1.82) is 0 Å². The molecule has 2 aromatic rings. The standard InChI is InChI=1S/C22H25N3O2S/c1-15(2)11-25-19(26)14-28-21(20(25)16-7-9-23-10-8-16)22(27)24-12-17-5-3-4-6-18(17)13-24/h3-10,15,20-21H,11-14H2,1-2H3. The summed E-state index contributed by atoms with van der Waals surface area (Å²) in [7, 11) is 0. The van der Waals surface area contributed by atoms with Crippen LogP contribution < -0.4 is 0 Å². The second-order valence-electron chi connectivity index (χ2n) is 7.86. The number of carbonyl (C=O) groups excluding carboxylic acids is 2. The van der Waals surface area contributed by atoms with E-state index in [4.69, 9.17) is 0 Å². The molecule has 3 heterocycles. The van der Waals surface area contributed by atoms with Gasteiger partial charge in [-0.3, -0.25) is 14.6 Å². The molecule has 0 aliphatic carbocycles. The Bertz CT molecular complexity index is 846. The normalized spacial score (nSPS) is 21.9. The fourth-order valence-electron chi connectivity index (χ4n) is 4.05. The summed E-state index contributed by atoms with van der Waals surface area (Å²) in [5.74, 6) is 0.910. The molecule has 0 N–H and O–H groups in total. The summed E-state index contributed by atoms with van der Waals surface area (Å²) in [5.41, 5.74) is 3.41. The highest BCUT2D eigenvalue weighted by Gasteiger charge is 2.43. The third-order valence-corrected chi connectivity index (χ3v) is 6.57. The monoisotopic (exact) mass is 395 g/mol. The van der Waals surface area contributed by atoms with Crippen molar-refractivity contribution >= 4 is 23.6 Å². The van der Waals surface area contributed by atoms with Crippen LogP contribution in [0.1, 0.15) is 36.6 Å². The number of fused-ring (bicyclic) bond motifs is 1. The molecule has 5 nitrogen and oxygen atoms in total. The molecule has 2 aliphatic rings. The second kappa shape index (κ2) is 7.95. The van der Waals surface area contributed by atoms with Crippen molar-refractivity contribution in [2.24, 2.45) is 5.92 Å². The Balaban J connectivity index is 1.64. The van der Waals surface area contributed by atoms with Gasteiger partial charge in [-0.1, -0.05) is 38.1 Å². The zero-order valence-electron chi connectivity index (χ0n) is 16.2. The van der Waals surface area contributed by atoms with Crippen molar-refractivity contribution in [3.63, 3.8) is 0 Å². The van der Waals surface area contributed by atoms with Crippen molar-refractivity contribution in [3.05, 3.63) is 65.5 Å². The number of hydrogen-bond acceptors (Lipinski definition) is 4. The number of benzene rings is 1.